The molecule has 4 nitrogen and oxygen atoms in total. The van der Waals surface area contributed by atoms with Gasteiger partial charge in [-0.25, -0.2) is 9.37 Å². The van der Waals surface area contributed by atoms with Gasteiger partial charge in [0.25, 0.3) is 0 Å². The minimum absolute atomic E-state index is 0.131. The highest BCUT2D eigenvalue weighted by molar-refractivity contribution is 6.35. The van der Waals surface area contributed by atoms with Crippen LogP contribution in [0.3, 0.4) is 0 Å². The Balaban J connectivity index is 1.75. The number of amides is 1. The molecule has 0 fully saturated rings. The SMILES string of the molecule is CCCn1c(CNC(=O)Cc2cccc(F)c2)nc2cccc(Cl)c21. The zero-order valence-corrected chi connectivity index (χ0v) is 14.7. The summed E-state index contributed by atoms with van der Waals surface area (Å²) in [5, 5.41) is 3.51. The lowest BCUT2D eigenvalue weighted by Crippen LogP contribution is -2.26. The minimum Gasteiger partial charge on any atom is -0.349 e. The summed E-state index contributed by atoms with van der Waals surface area (Å²) >= 11 is 6.31. The summed E-state index contributed by atoms with van der Waals surface area (Å²) in [5.41, 5.74) is 2.35. The maximum atomic E-state index is 13.2. The minimum atomic E-state index is -0.343. The highest BCUT2D eigenvalue weighted by Crippen LogP contribution is 2.25. The molecule has 0 radical (unpaired) electrons. The highest BCUT2D eigenvalue weighted by atomic mass is 35.5. The summed E-state index contributed by atoms with van der Waals surface area (Å²) in [6.45, 7) is 3.16. The first-order valence-electron chi connectivity index (χ1n) is 8.23. The second-order valence-electron chi connectivity index (χ2n) is 5.87. The van der Waals surface area contributed by atoms with E-state index in [9.17, 15) is 9.18 Å². The Kier molecular flexibility index (Phi) is 5.34. The number of imidazole rings is 1. The molecule has 0 atom stereocenters. The third-order valence-corrected chi connectivity index (χ3v) is 4.25. The topological polar surface area (TPSA) is 46.9 Å². The molecular formula is C19H19ClFN3O. The van der Waals surface area contributed by atoms with Gasteiger partial charge in [0, 0.05) is 6.54 Å². The van der Waals surface area contributed by atoms with E-state index < -0.39 is 0 Å². The Morgan fingerprint density at radius 2 is 2.08 bits per heavy atom. The van der Waals surface area contributed by atoms with Crippen LogP contribution in [0.15, 0.2) is 42.5 Å². The number of benzene rings is 2. The standard InChI is InChI=1S/C19H19ClFN3O/c1-2-9-24-17(23-16-8-4-7-15(20)19(16)24)12-22-18(25)11-13-5-3-6-14(21)10-13/h3-8,10H,2,9,11-12H2,1H3,(H,22,25). The molecule has 3 rings (SSSR count). The zero-order valence-electron chi connectivity index (χ0n) is 13.9. The van der Waals surface area contributed by atoms with Gasteiger partial charge < -0.3 is 9.88 Å². The van der Waals surface area contributed by atoms with E-state index in [1.165, 1.54) is 12.1 Å². The molecule has 0 aliphatic heterocycles. The summed E-state index contributed by atoms with van der Waals surface area (Å²) in [5.74, 6) is 0.244. The van der Waals surface area contributed by atoms with Crippen LogP contribution in [0, 0.1) is 5.82 Å². The predicted molar refractivity (Wildman–Crippen MR) is 97.0 cm³/mol. The maximum Gasteiger partial charge on any atom is 0.224 e. The van der Waals surface area contributed by atoms with E-state index in [4.69, 9.17) is 11.6 Å². The van der Waals surface area contributed by atoms with Crippen LogP contribution < -0.4 is 5.32 Å². The highest BCUT2D eigenvalue weighted by Gasteiger charge is 2.14. The van der Waals surface area contributed by atoms with Gasteiger partial charge in [0.15, 0.2) is 0 Å². The van der Waals surface area contributed by atoms with E-state index in [1.807, 2.05) is 22.8 Å². The molecule has 1 heterocycles. The zero-order chi connectivity index (χ0) is 17.8. The number of halogens is 2. The van der Waals surface area contributed by atoms with Crippen LogP contribution in [0.25, 0.3) is 11.0 Å². The van der Waals surface area contributed by atoms with Gasteiger partial charge in [0.2, 0.25) is 5.91 Å². The van der Waals surface area contributed by atoms with E-state index in [-0.39, 0.29) is 18.1 Å². The summed E-state index contributed by atoms with van der Waals surface area (Å²) in [4.78, 5) is 16.7. The fourth-order valence-corrected chi connectivity index (χ4v) is 3.13. The first kappa shape index (κ1) is 17.4. The van der Waals surface area contributed by atoms with Crippen molar-refractivity contribution in [3.63, 3.8) is 0 Å². The van der Waals surface area contributed by atoms with Crippen LogP contribution >= 0.6 is 11.6 Å². The van der Waals surface area contributed by atoms with Crippen molar-refractivity contribution in [2.75, 3.05) is 0 Å². The molecule has 1 N–H and O–H groups in total. The van der Waals surface area contributed by atoms with Crippen LogP contribution in [0.2, 0.25) is 5.02 Å². The van der Waals surface area contributed by atoms with Gasteiger partial charge in [0.05, 0.1) is 29.0 Å². The molecule has 0 unspecified atom stereocenters. The van der Waals surface area contributed by atoms with E-state index in [2.05, 4.69) is 17.2 Å². The normalized spacial score (nSPS) is 11.0. The number of hydrogen-bond acceptors (Lipinski definition) is 2. The number of aryl methyl sites for hydroxylation is 1. The number of rotatable bonds is 6. The first-order chi connectivity index (χ1) is 12.1. The van der Waals surface area contributed by atoms with Gasteiger partial charge in [-0.1, -0.05) is 36.7 Å². The van der Waals surface area contributed by atoms with Crippen LogP contribution in [-0.4, -0.2) is 15.5 Å². The molecule has 0 saturated carbocycles. The lowest BCUT2D eigenvalue weighted by molar-refractivity contribution is -0.120. The smallest absolute Gasteiger partial charge is 0.224 e. The molecule has 0 spiro atoms. The van der Waals surface area contributed by atoms with E-state index in [0.29, 0.717) is 17.1 Å². The van der Waals surface area contributed by atoms with Gasteiger partial charge in [-0.3, -0.25) is 4.79 Å². The average Bonchev–Trinajstić information content (AvgIpc) is 2.92. The number of para-hydroxylation sites is 1. The van der Waals surface area contributed by atoms with Crippen molar-refractivity contribution in [3.8, 4) is 0 Å². The van der Waals surface area contributed by atoms with E-state index in [0.717, 1.165) is 29.8 Å². The van der Waals surface area contributed by atoms with Gasteiger partial charge in [0.1, 0.15) is 11.6 Å². The first-order valence-corrected chi connectivity index (χ1v) is 8.61. The Bertz CT molecular complexity index is 907. The quantitative estimate of drug-likeness (QED) is 0.720. The van der Waals surface area contributed by atoms with Crippen molar-refractivity contribution >= 4 is 28.5 Å². The Morgan fingerprint density at radius 3 is 2.84 bits per heavy atom. The lowest BCUT2D eigenvalue weighted by atomic mass is 10.1. The van der Waals surface area contributed by atoms with E-state index in [1.54, 1.807) is 12.1 Å². The number of aromatic nitrogens is 2. The number of hydrogen-bond donors (Lipinski definition) is 1. The predicted octanol–water partition coefficient (Wildman–Crippen LogP) is 4.10. The van der Waals surface area contributed by atoms with Crippen LogP contribution in [0.5, 0.6) is 0 Å². The number of carbonyl (C=O) groups is 1. The number of fused-ring (bicyclic) bond motifs is 1. The molecule has 0 aliphatic carbocycles. The van der Waals surface area contributed by atoms with Gasteiger partial charge in [-0.05, 0) is 36.2 Å². The van der Waals surface area contributed by atoms with E-state index >= 15 is 0 Å². The molecule has 1 aromatic heterocycles. The molecule has 130 valence electrons. The summed E-state index contributed by atoms with van der Waals surface area (Å²) < 4.78 is 15.2. The summed E-state index contributed by atoms with van der Waals surface area (Å²) in [6, 6.07) is 11.7. The van der Waals surface area contributed by atoms with Gasteiger partial charge in [-0.2, -0.15) is 0 Å². The van der Waals surface area contributed by atoms with Crippen molar-refractivity contribution in [2.24, 2.45) is 0 Å². The average molecular weight is 360 g/mol. The lowest BCUT2D eigenvalue weighted by Gasteiger charge is -2.10. The number of nitrogens with zero attached hydrogens (tertiary/aromatic N) is 2. The van der Waals surface area contributed by atoms with Crippen molar-refractivity contribution in [3.05, 3.63) is 64.7 Å². The van der Waals surface area contributed by atoms with Crippen LogP contribution in [0.4, 0.5) is 4.39 Å². The third-order valence-electron chi connectivity index (χ3n) is 3.94. The fraction of sp³-hybridized carbons (Fsp3) is 0.263. The maximum absolute atomic E-state index is 13.2. The second kappa shape index (κ2) is 7.66. The number of nitrogens with one attached hydrogen (secondary N) is 1. The molecule has 2 aromatic carbocycles. The molecule has 6 heteroatoms. The molecule has 3 aromatic rings. The van der Waals surface area contributed by atoms with Crippen LogP contribution in [0.1, 0.15) is 24.7 Å². The van der Waals surface area contributed by atoms with Gasteiger partial charge in [-0.15, -0.1) is 0 Å². The fourth-order valence-electron chi connectivity index (χ4n) is 2.86. The molecule has 0 aliphatic rings. The largest absolute Gasteiger partial charge is 0.349 e. The van der Waals surface area contributed by atoms with Crippen LogP contribution in [-0.2, 0) is 24.3 Å². The molecule has 25 heavy (non-hydrogen) atoms. The Labute approximate surface area is 150 Å². The number of carbonyl (C=O) groups excluding carboxylic acids is 1. The Morgan fingerprint density at radius 1 is 1.28 bits per heavy atom. The summed E-state index contributed by atoms with van der Waals surface area (Å²) in [7, 11) is 0. The van der Waals surface area contributed by atoms with Crippen molar-refractivity contribution in [2.45, 2.75) is 32.9 Å². The monoisotopic (exact) mass is 359 g/mol. The van der Waals surface area contributed by atoms with Crippen molar-refractivity contribution in [1.29, 1.82) is 0 Å². The molecular weight excluding hydrogens is 341 g/mol. The molecule has 0 saturated heterocycles. The second-order valence-corrected chi connectivity index (χ2v) is 6.28. The van der Waals surface area contributed by atoms with Gasteiger partial charge >= 0.3 is 0 Å². The Hall–Kier alpha value is -2.40. The molecule has 0 bridgehead atoms. The molecule has 1 amide bonds. The third kappa shape index (κ3) is 3.99. The van der Waals surface area contributed by atoms with Crippen molar-refractivity contribution < 1.29 is 9.18 Å². The summed E-state index contributed by atoms with van der Waals surface area (Å²) in [6.07, 6.45) is 1.06. The van der Waals surface area contributed by atoms with Crippen molar-refractivity contribution in [1.82, 2.24) is 14.9 Å².